The van der Waals surface area contributed by atoms with Gasteiger partial charge in [-0.1, -0.05) is 81.6 Å². The highest BCUT2D eigenvalue weighted by Gasteiger charge is 2.64. The van der Waals surface area contributed by atoms with Crippen molar-refractivity contribution >= 4 is 82.0 Å². The van der Waals surface area contributed by atoms with Gasteiger partial charge in [0.1, 0.15) is 57.5 Å². The molecule has 5 rings (SSSR count). The number of ketones is 2. The van der Waals surface area contributed by atoms with Crippen LogP contribution in [0.5, 0.6) is 5.75 Å². The third-order valence-corrected chi connectivity index (χ3v) is 17.3. The number of nitrogens with two attached hydrogens (primary N) is 1. The van der Waals surface area contributed by atoms with Crippen LogP contribution >= 0.6 is 23.2 Å². The van der Waals surface area contributed by atoms with Gasteiger partial charge < -0.3 is 54.8 Å². The number of unbranched alkanes of at least 4 members (excludes halogenated alkanes) is 1. The molecule has 0 saturated carbocycles. The average Bonchev–Trinajstić information content (AvgIpc) is 1.61. The van der Waals surface area contributed by atoms with Gasteiger partial charge in [-0.15, -0.1) is 0 Å². The van der Waals surface area contributed by atoms with E-state index in [1.165, 1.54) is 26.2 Å². The lowest BCUT2D eigenvalue weighted by atomic mass is 9.78. The highest BCUT2D eigenvalue weighted by Crippen LogP contribution is 2.50. The van der Waals surface area contributed by atoms with Crippen molar-refractivity contribution in [2.45, 2.75) is 199 Å². The van der Waals surface area contributed by atoms with Crippen molar-refractivity contribution in [2.24, 2.45) is 29.4 Å². The summed E-state index contributed by atoms with van der Waals surface area (Å²) in [5.41, 5.74) is 2.92. The first-order valence-electron chi connectivity index (χ1n) is 29.5. The number of amides is 5. The van der Waals surface area contributed by atoms with Crippen LogP contribution in [0.4, 0.5) is 25.4 Å². The van der Waals surface area contributed by atoms with Gasteiger partial charge >= 0.3 is 24.1 Å². The number of methoxy groups -OCH3 is 2. The third-order valence-electron chi connectivity index (χ3n) is 16.6. The molecular weight excluding hydrogens is 1160 g/mol. The average molecular weight is 1250 g/mol. The largest absolute Gasteiger partial charge is 0.495 e. The Morgan fingerprint density at radius 2 is 1.72 bits per heavy atom. The zero-order valence-corrected chi connectivity index (χ0v) is 53.2. The van der Waals surface area contributed by atoms with Gasteiger partial charge in [0.15, 0.2) is 5.78 Å². The number of anilines is 2. The Balaban J connectivity index is 1.34. The van der Waals surface area contributed by atoms with E-state index in [-0.39, 0.29) is 90.0 Å². The van der Waals surface area contributed by atoms with Crippen LogP contribution in [0.15, 0.2) is 48.1 Å². The van der Waals surface area contributed by atoms with E-state index in [2.05, 4.69) is 16.0 Å². The third kappa shape index (κ3) is 19.2. The molecule has 3 aliphatic heterocycles. The Kier molecular flexibility index (Phi) is 25.6. The van der Waals surface area contributed by atoms with E-state index >= 15 is 4.39 Å². The molecule has 6 N–H and O–H groups in total. The summed E-state index contributed by atoms with van der Waals surface area (Å²) in [6, 6.07) is 3.52. The number of allylic oxidation sites excluding steroid dienone is 3. The van der Waals surface area contributed by atoms with Gasteiger partial charge in [-0.05, 0) is 120 Å². The van der Waals surface area contributed by atoms with Crippen LogP contribution in [0, 0.1) is 29.5 Å². The van der Waals surface area contributed by atoms with Gasteiger partial charge in [0, 0.05) is 58.2 Å². The Hall–Kier alpha value is -6.13. The fraction of sp³-hybridized carbons (Fsp3) is 0.619. The molecule has 4 bridgehead atoms. The number of ether oxygens (including phenoxy) is 6. The minimum absolute atomic E-state index is 0.00853. The van der Waals surface area contributed by atoms with E-state index < -0.39 is 113 Å². The molecule has 0 aromatic heterocycles. The van der Waals surface area contributed by atoms with Crippen LogP contribution in [-0.2, 0) is 65.3 Å². The monoisotopic (exact) mass is 1240 g/mol. The smallest absolute Gasteiger partial charge is 0.412 e. The molecule has 0 radical (unpaired) electrons. The van der Waals surface area contributed by atoms with Gasteiger partial charge in [0.25, 0.3) is 0 Å². The Morgan fingerprint density at radius 1 is 1.02 bits per heavy atom. The molecule has 0 aliphatic carbocycles. The number of esters is 2. The number of epoxide rings is 1. The molecule has 9 atom stereocenters. The summed E-state index contributed by atoms with van der Waals surface area (Å²) < 4.78 is 51.5. The summed E-state index contributed by atoms with van der Waals surface area (Å²) in [6.45, 7) is 16.5. The maximum Gasteiger partial charge on any atom is 0.412 e. The number of hydrogen-bond acceptors (Lipinski definition) is 15. The molecule has 3 heterocycles. The molecular formula is C63H88Cl2FN5O15. The Morgan fingerprint density at radius 3 is 2.36 bits per heavy atom. The molecule has 3 aliphatic rings. The SMILES string of the molecule is CCC(CC)C(=O)OC(C)(C)CCCCC(=O)C[C@H](C(=O)N[C@@H](CCCNC(N)=O)C(=O)Cc1cc(Cl)c(NC(=O)O[C@H]2CC(=O)N(C)c3cc(cc(OC)c3Cl)C/C(C)=C/C=C/[C@@H](OC)[C@]3(O)CC(=O)O[C@@H](C3)[C@@H](C)[C@@H]3O[C@@]23C)cc1F)C(C)C. The minimum Gasteiger partial charge on any atom is -0.495 e. The zero-order chi connectivity index (χ0) is 64.0. The van der Waals surface area contributed by atoms with E-state index in [1.807, 2.05) is 40.7 Å². The second kappa shape index (κ2) is 31.2. The number of benzene rings is 2. The van der Waals surface area contributed by atoms with Gasteiger partial charge in [0.05, 0.1) is 54.4 Å². The molecule has 23 heteroatoms. The lowest BCUT2D eigenvalue weighted by Crippen LogP contribution is -2.53. The highest BCUT2D eigenvalue weighted by atomic mass is 35.5. The van der Waals surface area contributed by atoms with Crippen molar-refractivity contribution in [3.8, 4) is 5.75 Å². The van der Waals surface area contributed by atoms with Crippen LogP contribution in [0.25, 0.3) is 0 Å². The van der Waals surface area contributed by atoms with E-state index in [0.717, 1.165) is 23.3 Å². The molecule has 86 heavy (non-hydrogen) atoms. The first kappa shape index (κ1) is 70.6. The van der Waals surface area contributed by atoms with Crippen LogP contribution in [0.2, 0.25) is 10.0 Å². The molecule has 0 unspecified atom stereocenters. The number of aliphatic hydroxyl groups is 1. The molecule has 2 fully saturated rings. The first-order chi connectivity index (χ1) is 40.4. The summed E-state index contributed by atoms with van der Waals surface area (Å²) in [7, 11) is 4.37. The van der Waals surface area contributed by atoms with Crippen molar-refractivity contribution in [3.63, 3.8) is 0 Å². The fourth-order valence-electron chi connectivity index (χ4n) is 11.2. The summed E-state index contributed by atoms with van der Waals surface area (Å²) in [5, 5.41) is 19.6. The Labute approximate surface area is 514 Å². The van der Waals surface area contributed by atoms with Crippen molar-refractivity contribution in [2.75, 3.05) is 38.0 Å². The number of carbonyl (C=O) groups is 8. The predicted octanol–water partition coefficient (Wildman–Crippen LogP) is 10.0. The fourth-order valence-corrected chi connectivity index (χ4v) is 11.8. The van der Waals surface area contributed by atoms with E-state index in [1.54, 1.807) is 52.0 Å². The maximum atomic E-state index is 16.2. The molecule has 476 valence electrons. The van der Waals surface area contributed by atoms with Gasteiger partial charge in [-0.2, -0.15) is 0 Å². The number of nitrogens with one attached hydrogen (secondary N) is 3. The minimum atomic E-state index is -1.68. The summed E-state index contributed by atoms with van der Waals surface area (Å²) in [4.78, 5) is 109. The van der Waals surface area contributed by atoms with Crippen molar-refractivity contribution in [3.05, 3.63) is 75.1 Å². The molecule has 5 amide bonds. The summed E-state index contributed by atoms with van der Waals surface area (Å²) in [5.74, 6) is -5.43. The van der Waals surface area contributed by atoms with Crippen molar-refractivity contribution in [1.82, 2.24) is 10.6 Å². The first-order valence-corrected chi connectivity index (χ1v) is 30.3. The number of carbonyl (C=O) groups excluding carboxylic acids is 8. The number of rotatable bonds is 25. The van der Waals surface area contributed by atoms with E-state index in [9.17, 15) is 43.5 Å². The van der Waals surface area contributed by atoms with E-state index in [0.29, 0.717) is 50.0 Å². The lowest BCUT2D eigenvalue weighted by Gasteiger charge is -2.41. The molecule has 20 nitrogen and oxygen atoms in total. The molecule has 2 aromatic rings. The number of halogens is 3. The molecule has 2 saturated heterocycles. The number of urea groups is 1. The Bertz CT molecular complexity index is 2860. The van der Waals surface area contributed by atoms with Crippen molar-refractivity contribution < 1.29 is 76.3 Å². The second-order valence-electron chi connectivity index (χ2n) is 24.2. The summed E-state index contributed by atoms with van der Waals surface area (Å²) >= 11 is 13.5. The quantitative estimate of drug-likeness (QED) is 0.0268. The zero-order valence-electron chi connectivity index (χ0n) is 51.7. The summed E-state index contributed by atoms with van der Waals surface area (Å²) in [6.07, 6.45) is 2.30. The molecule has 0 spiro atoms. The predicted molar refractivity (Wildman–Crippen MR) is 323 cm³/mol. The normalized spacial score (nSPS) is 24.3. The number of Topliss-reactive ketones (excluding diaryl/α,β-unsaturated/α-hetero) is 2. The number of nitrogens with zero attached hydrogens (tertiary/aromatic N) is 1. The molecule has 2 aromatic carbocycles. The van der Waals surface area contributed by atoms with Gasteiger partial charge in [0.2, 0.25) is 11.8 Å². The van der Waals surface area contributed by atoms with Gasteiger partial charge in [-0.25, -0.2) is 14.0 Å². The van der Waals surface area contributed by atoms with Crippen LogP contribution in [0.3, 0.4) is 0 Å². The second-order valence-corrected chi connectivity index (χ2v) is 25.0. The lowest BCUT2D eigenvalue weighted by molar-refractivity contribution is -0.187. The van der Waals surface area contributed by atoms with Crippen LogP contribution in [0.1, 0.15) is 150 Å². The van der Waals surface area contributed by atoms with Crippen molar-refractivity contribution in [1.29, 1.82) is 0 Å². The standard InChI is InChI=1S/C63H88Cl2FN5O15/c1-13-39(14-2)58(77)86-61(7,8)23-16-15-20-41(72)30-42(35(3)4)57(76)69-45(21-18-24-68-59(67)78)48(73)29-40-28-43(64)46(31-44(40)66)70-60(79)84-52-32-53(74)71(10)47-26-38(27-49(81-11)55(47)65)25-36(5)19-17-22-51(82-12)63(80)33-50(83-54(75)34-63)37(6)56-62(52,9)85-56/h17,19,22,26-28,31,35,37,39,42,45,50-52,56,80H,13-16,18,20-21,23-25,29-30,32-34H2,1-12H3,(H,69,76)(H,70,79)(H3,67,68,78)/b22-17+,36-19+/t37-,42+,45+,50+,51-,52+,56+,62+,63-/m1/s1. The highest BCUT2D eigenvalue weighted by molar-refractivity contribution is 6.35. The van der Waals surface area contributed by atoms with Gasteiger partial charge in [-0.3, -0.25) is 34.1 Å². The van der Waals surface area contributed by atoms with Crippen LogP contribution in [-0.4, -0.2) is 128 Å². The topological polar surface area (TPSA) is 281 Å². The maximum absolute atomic E-state index is 16.2. The number of hydrogen-bond donors (Lipinski definition) is 5. The van der Waals surface area contributed by atoms with E-state index in [4.69, 9.17) is 57.4 Å². The number of fused-ring (bicyclic) bond motifs is 5. The van der Waals surface area contributed by atoms with Crippen LogP contribution < -0.4 is 31.3 Å². The number of primary amides is 1.